The quantitative estimate of drug-likeness (QED) is 0.417. The van der Waals surface area contributed by atoms with Gasteiger partial charge >= 0.3 is 0 Å². The van der Waals surface area contributed by atoms with Gasteiger partial charge in [-0.2, -0.15) is 5.10 Å². The highest BCUT2D eigenvalue weighted by atomic mass is 16.2. The third-order valence-corrected chi connectivity index (χ3v) is 5.27. The molecule has 0 radical (unpaired) electrons. The van der Waals surface area contributed by atoms with E-state index >= 15 is 0 Å². The van der Waals surface area contributed by atoms with Gasteiger partial charge in [0, 0.05) is 29.9 Å². The van der Waals surface area contributed by atoms with Crippen LogP contribution in [0.15, 0.2) is 67.0 Å². The second kappa shape index (κ2) is 7.44. The highest BCUT2D eigenvalue weighted by molar-refractivity contribution is 6.02. The lowest BCUT2D eigenvalue weighted by molar-refractivity contribution is 0.0942. The third kappa shape index (κ3) is 3.30. The first-order chi connectivity index (χ1) is 14.7. The van der Waals surface area contributed by atoms with Crippen LogP contribution in [0.1, 0.15) is 29.0 Å². The number of amides is 1. The van der Waals surface area contributed by atoms with Crippen molar-refractivity contribution in [2.24, 2.45) is 0 Å². The smallest absolute Gasteiger partial charge is 0.287 e. The van der Waals surface area contributed by atoms with E-state index in [1.165, 1.54) is 5.56 Å². The number of H-pyrrole nitrogens is 2. The lowest BCUT2D eigenvalue weighted by Gasteiger charge is -2.12. The van der Waals surface area contributed by atoms with Gasteiger partial charge in [0.1, 0.15) is 5.69 Å². The second-order valence-corrected chi connectivity index (χ2v) is 7.33. The van der Waals surface area contributed by atoms with Crippen LogP contribution >= 0.6 is 0 Å². The van der Waals surface area contributed by atoms with Crippen molar-refractivity contribution in [1.29, 1.82) is 0 Å². The van der Waals surface area contributed by atoms with E-state index in [-0.39, 0.29) is 11.8 Å². The number of hydrogen-bond donors (Lipinski definition) is 3. The average molecular weight is 396 g/mol. The van der Waals surface area contributed by atoms with Crippen molar-refractivity contribution in [2.45, 2.75) is 12.8 Å². The number of fused-ring (bicyclic) bond motifs is 2. The number of aromatic nitrogens is 5. The van der Waals surface area contributed by atoms with Gasteiger partial charge in [0.05, 0.1) is 16.6 Å². The van der Waals surface area contributed by atoms with Crippen molar-refractivity contribution < 1.29 is 4.79 Å². The van der Waals surface area contributed by atoms with Gasteiger partial charge in [0.25, 0.3) is 5.91 Å². The largest absolute Gasteiger partial charge is 0.349 e. The fourth-order valence-electron chi connectivity index (χ4n) is 3.59. The molecule has 3 aromatic heterocycles. The Bertz CT molecular complexity index is 1320. The molecule has 7 nitrogen and oxygen atoms in total. The van der Waals surface area contributed by atoms with Crippen LogP contribution in [0.3, 0.4) is 0 Å². The van der Waals surface area contributed by atoms with Crippen molar-refractivity contribution in [3.8, 4) is 11.3 Å². The zero-order valence-electron chi connectivity index (χ0n) is 16.4. The molecule has 3 N–H and O–H groups in total. The summed E-state index contributed by atoms with van der Waals surface area (Å²) < 4.78 is 0. The van der Waals surface area contributed by atoms with Crippen LogP contribution in [-0.4, -0.2) is 37.6 Å². The number of pyridine rings is 1. The molecule has 0 saturated heterocycles. The SMILES string of the molecule is C[C@@H](CNC(=O)c1nc2cc3c(-c4ccncc4)n[nH]c3cc2[nH]1)c1ccccc1. The molecule has 0 aliphatic heterocycles. The van der Waals surface area contributed by atoms with E-state index in [0.717, 1.165) is 33.2 Å². The second-order valence-electron chi connectivity index (χ2n) is 7.33. The molecule has 5 rings (SSSR count). The van der Waals surface area contributed by atoms with Crippen LogP contribution in [0.25, 0.3) is 33.2 Å². The summed E-state index contributed by atoms with van der Waals surface area (Å²) in [5.41, 5.74) is 5.38. The molecular weight excluding hydrogens is 376 g/mol. The summed E-state index contributed by atoms with van der Waals surface area (Å²) in [6.07, 6.45) is 3.48. The van der Waals surface area contributed by atoms with Crippen LogP contribution in [-0.2, 0) is 0 Å². The molecule has 1 amide bonds. The van der Waals surface area contributed by atoms with Gasteiger partial charge in [-0.3, -0.25) is 14.9 Å². The summed E-state index contributed by atoms with van der Waals surface area (Å²) in [5.74, 6) is 0.299. The Morgan fingerprint density at radius 3 is 2.67 bits per heavy atom. The number of carbonyl (C=O) groups excluding carboxylic acids is 1. The number of hydrogen-bond acceptors (Lipinski definition) is 4. The molecule has 30 heavy (non-hydrogen) atoms. The summed E-state index contributed by atoms with van der Waals surface area (Å²) in [6.45, 7) is 2.63. The fraction of sp³-hybridized carbons (Fsp3) is 0.130. The molecule has 0 aliphatic carbocycles. The van der Waals surface area contributed by atoms with E-state index in [1.807, 2.05) is 42.5 Å². The Kier molecular flexibility index (Phi) is 4.48. The van der Waals surface area contributed by atoms with Gasteiger partial charge < -0.3 is 10.3 Å². The summed E-state index contributed by atoms with van der Waals surface area (Å²) in [5, 5.41) is 11.4. The van der Waals surface area contributed by atoms with Crippen LogP contribution in [0.5, 0.6) is 0 Å². The predicted molar refractivity (Wildman–Crippen MR) is 116 cm³/mol. The predicted octanol–water partition coefficient (Wildman–Crippen LogP) is 4.03. The van der Waals surface area contributed by atoms with E-state index < -0.39 is 0 Å². The molecule has 0 aliphatic rings. The van der Waals surface area contributed by atoms with Crippen molar-refractivity contribution in [1.82, 2.24) is 30.5 Å². The van der Waals surface area contributed by atoms with Crippen LogP contribution < -0.4 is 5.32 Å². The Morgan fingerprint density at radius 1 is 1.07 bits per heavy atom. The van der Waals surface area contributed by atoms with E-state index in [1.54, 1.807) is 12.4 Å². The highest BCUT2D eigenvalue weighted by Crippen LogP contribution is 2.28. The number of carbonyl (C=O) groups is 1. The highest BCUT2D eigenvalue weighted by Gasteiger charge is 2.16. The van der Waals surface area contributed by atoms with Gasteiger partial charge in [-0.25, -0.2) is 4.98 Å². The first-order valence-electron chi connectivity index (χ1n) is 9.80. The molecular formula is C23H20N6O. The van der Waals surface area contributed by atoms with Gasteiger partial charge in [0.2, 0.25) is 0 Å². The number of aromatic amines is 2. The maximum Gasteiger partial charge on any atom is 0.287 e. The first kappa shape index (κ1) is 18.1. The fourth-order valence-corrected chi connectivity index (χ4v) is 3.59. The zero-order chi connectivity index (χ0) is 20.5. The van der Waals surface area contributed by atoms with Crippen molar-refractivity contribution >= 4 is 27.8 Å². The molecule has 0 saturated carbocycles. The molecule has 0 bridgehead atoms. The minimum absolute atomic E-state index is 0.215. The van der Waals surface area contributed by atoms with E-state index in [9.17, 15) is 4.79 Å². The third-order valence-electron chi connectivity index (χ3n) is 5.27. The van der Waals surface area contributed by atoms with Crippen LogP contribution in [0.4, 0.5) is 0 Å². The molecule has 0 unspecified atom stereocenters. The van der Waals surface area contributed by atoms with E-state index in [0.29, 0.717) is 12.4 Å². The van der Waals surface area contributed by atoms with Gasteiger partial charge in [-0.15, -0.1) is 0 Å². The van der Waals surface area contributed by atoms with E-state index in [4.69, 9.17) is 0 Å². The summed E-state index contributed by atoms with van der Waals surface area (Å²) >= 11 is 0. The Hall–Kier alpha value is -4.00. The Morgan fingerprint density at radius 2 is 1.87 bits per heavy atom. The number of nitrogens with one attached hydrogen (secondary N) is 3. The maximum atomic E-state index is 12.6. The van der Waals surface area contributed by atoms with Crippen LogP contribution in [0.2, 0.25) is 0 Å². The lowest BCUT2D eigenvalue weighted by atomic mass is 10.0. The number of rotatable bonds is 5. The van der Waals surface area contributed by atoms with Gasteiger partial charge in [-0.05, 0) is 35.7 Å². The number of imidazole rings is 1. The van der Waals surface area contributed by atoms with Gasteiger partial charge in [0.15, 0.2) is 5.82 Å². The Labute approximate surface area is 172 Å². The molecule has 7 heteroatoms. The first-order valence-corrected chi connectivity index (χ1v) is 9.80. The molecule has 0 spiro atoms. The minimum atomic E-state index is -0.217. The summed E-state index contributed by atoms with van der Waals surface area (Å²) in [7, 11) is 0. The number of benzene rings is 2. The average Bonchev–Trinajstić information content (AvgIpc) is 3.40. The summed E-state index contributed by atoms with van der Waals surface area (Å²) in [4.78, 5) is 24.3. The molecule has 3 heterocycles. The van der Waals surface area contributed by atoms with Crippen LogP contribution in [0, 0.1) is 0 Å². The lowest BCUT2D eigenvalue weighted by Crippen LogP contribution is -2.28. The molecule has 2 aromatic carbocycles. The molecule has 5 aromatic rings. The Balaban J connectivity index is 1.40. The summed E-state index contributed by atoms with van der Waals surface area (Å²) in [6, 6.07) is 17.8. The minimum Gasteiger partial charge on any atom is -0.349 e. The van der Waals surface area contributed by atoms with E-state index in [2.05, 4.69) is 49.5 Å². The standard InChI is InChI=1S/C23H20N6O/c1-14(15-5-3-2-4-6-15)13-25-23(30)22-26-19-11-17-18(12-20(19)27-22)28-29-21(17)16-7-9-24-10-8-16/h2-12,14H,13H2,1H3,(H,25,30)(H,26,27)(H,28,29)/t14-/m0/s1. The van der Waals surface area contributed by atoms with Crippen molar-refractivity contribution in [2.75, 3.05) is 6.54 Å². The van der Waals surface area contributed by atoms with Crippen molar-refractivity contribution in [3.05, 3.63) is 78.4 Å². The normalized spacial score (nSPS) is 12.3. The monoisotopic (exact) mass is 396 g/mol. The molecule has 148 valence electrons. The maximum absolute atomic E-state index is 12.6. The van der Waals surface area contributed by atoms with Gasteiger partial charge in [-0.1, -0.05) is 37.3 Å². The molecule has 0 fully saturated rings. The zero-order valence-corrected chi connectivity index (χ0v) is 16.4. The van der Waals surface area contributed by atoms with Crippen molar-refractivity contribution in [3.63, 3.8) is 0 Å². The molecule has 1 atom stereocenters. The topological polar surface area (TPSA) is 99.3 Å². The number of nitrogens with zero attached hydrogens (tertiary/aromatic N) is 3.